The summed E-state index contributed by atoms with van der Waals surface area (Å²) in [5.41, 5.74) is 0.693. The summed E-state index contributed by atoms with van der Waals surface area (Å²) >= 11 is 18.0. The van der Waals surface area contributed by atoms with Crippen LogP contribution in [-0.2, 0) is 4.79 Å². The van der Waals surface area contributed by atoms with Crippen molar-refractivity contribution in [1.29, 1.82) is 0 Å². The van der Waals surface area contributed by atoms with Gasteiger partial charge in [0.05, 0.1) is 0 Å². The summed E-state index contributed by atoms with van der Waals surface area (Å²) in [6, 6.07) is 0. The number of allylic oxidation sites excluding steroid dienone is 2. The number of hydrogen-bond donors (Lipinski definition) is 1. The van der Waals surface area contributed by atoms with Gasteiger partial charge in [-0.2, -0.15) is 0 Å². The molecule has 1 N–H and O–H groups in total. The molecule has 0 saturated heterocycles. The summed E-state index contributed by atoms with van der Waals surface area (Å²) in [7, 11) is 0. The second-order valence-electron chi connectivity index (χ2n) is 3.24. The first kappa shape index (κ1) is 14.8. The first-order valence-corrected chi connectivity index (χ1v) is 6.93. The van der Waals surface area contributed by atoms with Crippen molar-refractivity contribution < 1.29 is 4.79 Å². The predicted molar refractivity (Wildman–Crippen MR) is 74.0 cm³/mol. The third kappa shape index (κ3) is 5.25. The highest BCUT2D eigenvalue weighted by atomic mass is 35.6. The number of halogens is 3. The zero-order valence-electron chi connectivity index (χ0n) is 9.04. The lowest BCUT2D eigenvalue weighted by molar-refractivity contribution is -0.113. The van der Waals surface area contributed by atoms with E-state index >= 15 is 0 Å². The molecule has 94 valence electrons. The Labute approximate surface area is 119 Å². The fourth-order valence-electron chi connectivity index (χ4n) is 1.10. The minimum Gasteiger partial charge on any atom is -0.335 e. The minimum atomic E-state index is -1.91. The molecule has 0 saturated carbocycles. The largest absolute Gasteiger partial charge is 0.335 e. The molecule has 1 aromatic rings. The van der Waals surface area contributed by atoms with Crippen LogP contribution in [0, 0.1) is 0 Å². The number of rotatable bonds is 5. The number of alkyl halides is 3. The molecule has 7 heteroatoms. The molecule has 3 nitrogen and oxygen atoms in total. The zero-order valence-corrected chi connectivity index (χ0v) is 12.1. The Morgan fingerprint density at radius 2 is 2.29 bits per heavy atom. The Kier molecular flexibility index (Phi) is 5.73. The number of carbonyl (C=O) groups is 1. The summed E-state index contributed by atoms with van der Waals surface area (Å²) in [4.78, 5) is 15.6. The molecule has 0 amide bonds. The normalized spacial score (nSPS) is 12.6. The SMILES string of the molecule is CCC/C(=C\C(=O)C(Cl)(Cl)Cl)Nc1nccs1. The van der Waals surface area contributed by atoms with Gasteiger partial charge < -0.3 is 5.32 Å². The standard InChI is InChI=1S/C10H11Cl3N2OS/c1-2-3-7(6-8(16)10(11,12)13)15-9-14-4-5-17-9/h4-6H,2-3H2,1H3,(H,14,15)/b7-6+. The number of nitrogens with zero attached hydrogens (tertiary/aromatic N) is 1. The maximum atomic E-state index is 11.5. The van der Waals surface area contributed by atoms with E-state index in [-0.39, 0.29) is 0 Å². The molecule has 0 bridgehead atoms. The first-order chi connectivity index (χ1) is 7.93. The molecule has 0 radical (unpaired) electrons. The predicted octanol–water partition coefficient (Wildman–Crippen LogP) is 4.18. The fraction of sp³-hybridized carbons (Fsp3) is 0.400. The van der Waals surface area contributed by atoms with Crippen LogP contribution < -0.4 is 5.32 Å². The van der Waals surface area contributed by atoms with E-state index in [2.05, 4.69) is 10.3 Å². The summed E-state index contributed by atoms with van der Waals surface area (Å²) in [5, 5.41) is 5.58. The molecule has 0 unspecified atom stereocenters. The molecule has 17 heavy (non-hydrogen) atoms. The number of ketones is 1. The quantitative estimate of drug-likeness (QED) is 0.655. The van der Waals surface area contributed by atoms with Gasteiger partial charge >= 0.3 is 0 Å². The fourth-order valence-corrected chi connectivity index (χ4v) is 1.83. The molecule has 1 aromatic heterocycles. The van der Waals surface area contributed by atoms with E-state index in [0.717, 1.165) is 6.42 Å². The Hall–Kier alpha value is -0.290. The monoisotopic (exact) mass is 312 g/mol. The van der Waals surface area contributed by atoms with Crippen LogP contribution in [0.2, 0.25) is 0 Å². The number of carbonyl (C=O) groups excluding carboxylic acids is 1. The van der Waals surface area contributed by atoms with E-state index in [1.165, 1.54) is 17.4 Å². The van der Waals surface area contributed by atoms with Crippen molar-refractivity contribution in [3.8, 4) is 0 Å². The topological polar surface area (TPSA) is 42.0 Å². The third-order valence-electron chi connectivity index (χ3n) is 1.80. The van der Waals surface area contributed by atoms with E-state index in [1.54, 1.807) is 6.20 Å². The highest BCUT2D eigenvalue weighted by molar-refractivity contribution is 7.13. The van der Waals surface area contributed by atoms with Crippen LogP contribution in [0.1, 0.15) is 19.8 Å². The van der Waals surface area contributed by atoms with E-state index in [9.17, 15) is 4.79 Å². The highest BCUT2D eigenvalue weighted by Crippen LogP contribution is 2.28. The number of thiazole rings is 1. The lowest BCUT2D eigenvalue weighted by atomic mass is 10.2. The highest BCUT2D eigenvalue weighted by Gasteiger charge is 2.28. The maximum absolute atomic E-state index is 11.5. The van der Waals surface area contributed by atoms with Gasteiger partial charge in [0.2, 0.25) is 5.78 Å². The molecule has 0 atom stereocenters. The third-order valence-corrected chi connectivity index (χ3v) is 3.05. The van der Waals surface area contributed by atoms with Gasteiger partial charge in [-0.15, -0.1) is 11.3 Å². The molecule has 0 spiro atoms. The molecule has 1 heterocycles. The Bertz CT molecular complexity index is 398. The smallest absolute Gasteiger partial charge is 0.252 e. The summed E-state index contributed by atoms with van der Waals surface area (Å²) in [6.45, 7) is 2.00. The van der Waals surface area contributed by atoms with Crippen LogP contribution in [0.25, 0.3) is 0 Å². The van der Waals surface area contributed by atoms with Crippen molar-refractivity contribution in [2.24, 2.45) is 0 Å². The van der Waals surface area contributed by atoms with Gasteiger partial charge in [0.1, 0.15) is 0 Å². The number of aromatic nitrogens is 1. The van der Waals surface area contributed by atoms with Gasteiger partial charge in [-0.05, 0) is 6.42 Å². The average molecular weight is 314 g/mol. The van der Waals surface area contributed by atoms with Gasteiger partial charge in [0, 0.05) is 23.3 Å². The second-order valence-corrected chi connectivity index (χ2v) is 6.42. The van der Waals surface area contributed by atoms with Crippen LogP contribution in [0.5, 0.6) is 0 Å². The second kappa shape index (κ2) is 6.59. The van der Waals surface area contributed by atoms with Crippen molar-refractivity contribution in [3.63, 3.8) is 0 Å². The molecule has 0 fully saturated rings. The number of nitrogens with one attached hydrogen (secondary N) is 1. The molecule has 0 aromatic carbocycles. The van der Waals surface area contributed by atoms with Gasteiger partial charge in [0.15, 0.2) is 5.13 Å². The summed E-state index contributed by atoms with van der Waals surface area (Å²) in [6.07, 6.45) is 4.55. The number of hydrogen-bond acceptors (Lipinski definition) is 4. The van der Waals surface area contributed by atoms with Crippen LogP contribution in [-0.4, -0.2) is 14.6 Å². The first-order valence-electron chi connectivity index (χ1n) is 4.91. The Morgan fingerprint density at radius 1 is 1.59 bits per heavy atom. The van der Waals surface area contributed by atoms with E-state index in [1.807, 2.05) is 12.3 Å². The zero-order chi connectivity index (χ0) is 12.9. The molecule has 0 aliphatic heterocycles. The van der Waals surface area contributed by atoms with Crippen molar-refractivity contribution >= 4 is 57.1 Å². The van der Waals surface area contributed by atoms with Crippen molar-refractivity contribution in [3.05, 3.63) is 23.3 Å². The maximum Gasteiger partial charge on any atom is 0.252 e. The Morgan fingerprint density at radius 3 is 2.76 bits per heavy atom. The van der Waals surface area contributed by atoms with Gasteiger partial charge in [0.25, 0.3) is 3.79 Å². The van der Waals surface area contributed by atoms with E-state index in [0.29, 0.717) is 17.2 Å². The molecule has 1 rings (SSSR count). The van der Waals surface area contributed by atoms with Gasteiger partial charge in [-0.3, -0.25) is 4.79 Å². The molecular weight excluding hydrogens is 303 g/mol. The molecular formula is C10H11Cl3N2OS. The van der Waals surface area contributed by atoms with Gasteiger partial charge in [-0.25, -0.2) is 4.98 Å². The summed E-state index contributed by atoms with van der Waals surface area (Å²) in [5.74, 6) is -0.560. The number of anilines is 1. The van der Waals surface area contributed by atoms with Crippen molar-refractivity contribution in [1.82, 2.24) is 4.98 Å². The summed E-state index contributed by atoms with van der Waals surface area (Å²) < 4.78 is -1.91. The van der Waals surface area contributed by atoms with Crippen LogP contribution in [0.3, 0.4) is 0 Å². The van der Waals surface area contributed by atoms with Gasteiger partial charge in [-0.1, -0.05) is 48.1 Å². The Balaban J connectivity index is 2.78. The average Bonchev–Trinajstić information content (AvgIpc) is 2.69. The molecule has 0 aliphatic carbocycles. The van der Waals surface area contributed by atoms with Crippen molar-refractivity contribution in [2.75, 3.05) is 5.32 Å². The lowest BCUT2D eigenvalue weighted by Crippen LogP contribution is -2.17. The van der Waals surface area contributed by atoms with Crippen LogP contribution in [0.15, 0.2) is 23.3 Å². The minimum absolute atomic E-state index is 0.560. The molecule has 0 aliphatic rings. The van der Waals surface area contributed by atoms with Crippen LogP contribution >= 0.6 is 46.1 Å². The van der Waals surface area contributed by atoms with E-state index < -0.39 is 9.58 Å². The lowest BCUT2D eigenvalue weighted by Gasteiger charge is -2.10. The van der Waals surface area contributed by atoms with Crippen LogP contribution in [0.4, 0.5) is 5.13 Å². The van der Waals surface area contributed by atoms with Crippen molar-refractivity contribution in [2.45, 2.75) is 23.6 Å². The van der Waals surface area contributed by atoms with E-state index in [4.69, 9.17) is 34.8 Å².